The Morgan fingerprint density at radius 2 is 0.514 bits per heavy atom. The number of phenols is 21. The fraction of sp³-hybridized carbons (Fsp3) is 0.228. The van der Waals surface area contributed by atoms with Crippen LogP contribution in [0.15, 0.2) is 297 Å². The van der Waals surface area contributed by atoms with E-state index in [9.17, 15) is 107 Å². The normalized spacial score (nSPS) is 14.2. The average molecular weight is 1990 g/mol. The van der Waals surface area contributed by atoms with Crippen molar-refractivity contribution >= 4 is 5.57 Å². The predicted molar refractivity (Wildman–Crippen MR) is 575 cm³/mol. The van der Waals surface area contributed by atoms with Crippen LogP contribution in [0.25, 0.3) is 5.57 Å². The largest absolute Gasteiger partial charge is 0.508 e. The summed E-state index contributed by atoms with van der Waals surface area (Å²) in [6.07, 6.45) is 6.64. The second kappa shape index (κ2) is 40.9. The van der Waals surface area contributed by atoms with Crippen LogP contribution in [0.2, 0.25) is 0 Å². The molecule has 0 atom stereocenters. The van der Waals surface area contributed by atoms with Crippen LogP contribution < -0.4 is 0 Å². The van der Waals surface area contributed by atoms with Gasteiger partial charge in [-0.3, -0.25) is 0 Å². The Bertz CT molecular complexity index is 6890. The van der Waals surface area contributed by atoms with Crippen molar-refractivity contribution in [2.24, 2.45) is 5.41 Å². The van der Waals surface area contributed by atoms with Crippen molar-refractivity contribution in [2.45, 2.75) is 180 Å². The van der Waals surface area contributed by atoms with E-state index < -0.39 is 44.0 Å². The molecule has 0 fully saturated rings. The molecule has 760 valence electrons. The van der Waals surface area contributed by atoms with Crippen LogP contribution in [0.5, 0.6) is 121 Å². The van der Waals surface area contributed by atoms with Crippen LogP contribution in [0.3, 0.4) is 0 Å². The van der Waals surface area contributed by atoms with Crippen molar-refractivity contribution in [2.75, 3.05) is 0 Å². The van der Waals surface area contributed by atoms with Gasteiger partial charge in [0.2, 0.25) is 11.5 Å². The molecule has 0 heterocycles. The minimum atomic E-state index is -0.537. The second-order valence-corrected chi connectivity index (χ2v) is 42.0. The molecule has 21 heteroatoms. The van der Waals surface area contributed by atoms with E-state index in [0.717, 1.165) is 152 Å². The van der Waals surface area contributed by atoms with Gasteiger partial charge < -0.3 is 107 Å². The molecule has 0 unspecified atom stereocenters. The topological polar surface area (TPSA) is 425 Å². The molecule has 0 aromatic heterocycles. The van der Waals surface area contributed by atoms with Gasteiger partial charge in [-0.25, -0.2) is 0 Å². The van der Waals surface area contributed by atoms with Gasteiger partial charge in [-0.1, -0.05) is 241 Å². The molecule has 4 aliphatic rings. The number of phenolic OH excluding ortho intramolecular Hbond substituents is 21. The molecule has 8 bridgehead atoms. The summed E-state index contributed by atoms with van der Waals surface area (Å²) in [6.45, 7) is 24.4. The maximum atomic E-state index is 11.2. The molecule has 0 saturated carbocycles. The van der Waals surface area contributed by atoms with Gasteiger partial charge >= 0.3 is 0 Å². The fourth-order valence-corrected chi connectivity index (χ4v) is 23.2. The monoisotopic (exact) mass is 1990 g/mol. The molecule has 16 aromatic carbocycles. The van der Waals surface area contributed by atoms with E-state index >= 15 is 0 Å². The Labute approximate surface area is 861 Å². The molecule has 148 heavy (non-hydrogen) atoms. The quantitative estimate of drug-likeness (QED) is 0.0477. The summed E-state index contributed by atoms with van der Waals surface area (Å²) in [6, 6.07) is 86.3. The number of hydrogen-bond donors (Lipinski definition) is 21. The zero-order valence-corrected chi connectivity index (χ0v) is 84.7. The lowest BCUT2D eigenvalue weighted by Crippen LogP contribution is -2.49. The maximum Gasteiger partial charge on any atom is 0.200 e. The second-order valence-electron chi connectivity index (χ2n) is 42.0. The number of hydrogen-bond acceptors (Lipinski definition) is 21. The first-order chi connectivity index (χ1) is 70.1. The Balaban J connectivity index is 0.000000133. The summed E-state index contributed by atoms with van der Waals surface area (Å²) in [5, 5.41) is 214. The summed E-state index contributed by atoms with van der Waals surface area (Å²) < 4.78 is 0. The maximum absolute atomic E-state index is 11.2. The molecular formula is C127H126O21. The lowest BCUT2D eigenvalue weighted by atomic mass is 9.54. The highest BCUT2D eigenvalue weighted by atomic mass is 16.3. The molecule has 0 saturated heterocycles. The van der Waals surface area contributed by atoms with Crippen molar-refractivity contribution in [3.05, 3.63) is 447 Å². The molecule has 20 rings (SSSR count). The summed E-state index contributed by atoms with van der Waals surface area (Å²) in [5.74, 6) is 0.0173. The van der Waals surface area contributed by atoms with Crippen LogP contribution in [0.1, 0.15) is 230 Å². The Morgan fingerprint density at radius 3 is 0.777 bits per heavy atom. The number of aryl methyl sites for hydroxylation is 4. The predicted octanol–water partition coefficient (Wildman–Crippen LogP) is 25.5. The van der Waals surface area contributed by atoms with Crippen molar-refractivity contribution < 1.29 is 107 Å². The first-order valence-electron chi connectivity index (χ1n) is 49.3. The number of allylic oxidation sites excluding steroid dienone is 2. The zero-order chi connectivity index (χ0) is 106. The number of aromatic hydroxyl groups is 21. The molecule has 0 aliphatic heterocycles. The molecule has 21 N–H and O–H groups in total. The van der Waals surface area contributed by atoms with Gasteiger partial charge in [0.15, 0.2) is 23.0 Å². The number of fused-ring (bicyclic) bond motifs is 11. The highest BCUT2D eigenvalue weighted by molar-refractivity contribution is 5.82. The molecule has 21 nitrogen and oxygen atoms in total. The van der Waals surface area contributed by atoms with E-state index in [1.807, 2.05) is 227 Å². The number of benzene rings is 16. The van der Waals surface area contributed by atoms with Crippen molar-refractivity contribution in [1.82, 2.24) is 0 Å². The number of rotatable bonds is 13. The Morgan fingerprint density at radius 1 is 0.257 bits per heavy atom. The molecule has 0 amide bonds. The third-order valence-electron chi connectivity index (χ3n) is 31.3. The van der Waals surface area contributed by atoms with E-state index in [0.29, 0.717) is 61.6 Å². The SMILES string of the molecule is CC(CCC(C)(c1ccc(O)cc1)c1ccc(O)cc1)(c1ccc(O)cc1)c1ccc(O)cc1.CC1(C)C(c2ccc(O)cc2O)=CCc2cccc(O)c21.CC1(C)c2cc(O)c(O)c(O)c2CC12Cc1c(cc(O)c(O)c1O)C2(C)C.Cc1cc2c(O)c(c1)Cc1cc(C)cc(c1O)Cc1cc(C)cc(c1O)Cc1cc(C)cc(c1O)C2.Oc1ccc(C(c2ccc(O)cc2)C(c2ccc(O)cc2)c2ccc(O)cc2)cc1. The van der Waals surface area contributed by atoms with Gasteiger partial charge in [0, 0.05) is 82.1 Å². The van der Waals surface area contributed by atoms with Gasteiger partial charge in [0.1, 0.15) is 86.2 Å². The fourth-order valence-electron chi connectivity index (χ4n) is 23.2. The van der Waals surface area contributed by atoms with E-state index in [-0.39, 0.29) is 121 Å². The Kier molecular flexibility index (Phi) is 28.7. The van der Waals surface area contributed by atoms with Crippen LogP contribution in [-0.2, 0) is 72.0 Å². The molecule has 1 spiro atoms. The van der Waals surface area contributed by atoms with Gasteiger partial charge in [-0.15, -0.1) is 0 Å². The highest BCUT2D eigenvalue weighted by Crippen LogP contribution is 2.70. The summed E-state index contributed by atoms with van der Waals surface area (Å²) in [5.41, 5.74) is 21.6. The van der Waals surface area contributed by atoms with Crippen molar-refractivity contribution in [1.29, 1.82) is 0 Å². The van der Waals surface area contributed by atoms with Crippen molar-refractivity contribution in [3.63, 3.8) is 0 Å². The van der Waals surface area contributed by atoms with Crippen LogP contribution >= 0.6 is 0 Å². The van der Waals surface area contributed by atoms with E-state index in [2.05, 4.69) is 19.9 Å². The third kappa shape index (κ3) is 20.4. The van der Waals surface area contributed by atoms with E-state index in [1.165, 1.54) is 18.2 Å². The summed E-state index contributed by atoms with van der Waals surface area (Å²) in [7, 11) is 0. The molecule has 0 radical (unpaired) electrons. The van der Waals surface area contributed by atoms with Gasteiger partial charge in [0.05, 0.1) is 0 Å². The van der Waals surface area contributed by atoms with Crippen LogP contribution in [0.4, 0.5) is 0 Å². The van der Waals surface area contributed by atoms with Crippen molar-refractivity contribution in [3.8, 4) is 121 Å². The first-order valence-corrected chi connectivity index (χ1v) is 49.3. The molecular weight excluding hydrogens is 1860 g/mol. The Hall–Kier alpha value is -16.9. The lowest BCUT2D eigenvalue weighted by molar-refractivity contribution is 0.0844. The first kappa shape index (κ1) is 104. The average Bonchev–Trinajstić information content (AvgIpc) is 1.50. The zero-order valence-electron chi connectivity index (χ0n) is 84.7. The van der Waals surface area contributed by atoms with E-state index in [1.54, 1.807) is 115 Å². The third-order valence-corrected chi connectivity index (χ3v) is 31.3. The van der Waals surface area contributed by atoms with Gasteiger partial charge in [-0.2, -0.15) is 0 Å². The minimum absolute atomic E-state index is 0.0358. The van der Waals surface area contributed by atoms with Gasteiger partial charge in [-0.05, 0) is 315 Å². The highest BCUT2D eigenvalue weighted by Gasteiger charge is 2.65. The molecule has 4 aliphatic carbocycles. The standard InChI is InChI=1S/C32H32O4.C30H30O4.C26H22O4.C21H24O6.C18H18O3/c1-17-5-21-13-23-7-18(2)9-25(30(23)34)15-27-11-20(4)12-28(32(27)36)16-26-10-19(3)8-24(31(26)35)14-22(6-17)29(21)33;1-29(21-3-11-25(31)12-4-21,22-5-13-26(32)14-6-22)19-20-30(2,23-7-15-27(33)16-8-23)24-9-17-28(34)18-10-24;27-21-9-1-17(2-10-21)25(18-3-11-22(28)12-4-18)26(19-5-13-23(29)14-6-19)20-7-15-24(30)16-8-20;1-19(2)11-5-13(22)17(26)15(24)9(11)7-21(19)8-10-12(20(21,3)4)6-14(23)18(27)16(10)25;1-18(2)14(13-8-7-12(19)10-16(13)21)9-6-11-4-3-5-15(20)17(11)18/h5-12,33-36H,13-16H2,1-4H3;3-18,31-34H,19-20H2,1-2H3;1-16,25-30H;5-6,22-27H,7-8H2,1-4H3;3-5,7-10,19-21H,6H2,1-2H3. The van der Waals surface area contributed by atoms with E-state index in [4.69, 9.17) is 0 Å². The summed E-state index contributed by atoms with van der Waals surface area (Å²) in [4.78, 5) is 0. The smallest absolute Gasteiger partial charge is 0.200 e. The summed E-state index contributed by atoms with van der Waals surface area (Å²) >= 11 is 0. The lowest BCUT2D eigenvalue weighted by Gasteiger charge is -2.49. The minimum Gasteiger partial charge on any atom is -0.508 e. The van der Waals surface area contributed by atoms with Crippen LogP contribution in [0, 0.1) is 33.1 Å². The van der Waals surface area contributed by atoms with Crippen LogP contribution in [-0.4, -0.2) is 107 Å². The van der Waals surface area contributed by atoms with Gasteiger partial charge in [0.25, 0.3) is 0 Å². The molecule has 16 aromatic rings.